The van der Waals surface area contributed by atoms with Crippen molar-refractivity contribution in [3.05, 3.63) is 86.8 Å². The highest BCUT2D eigenvalue weighted by Crippen LogP contribution is 2.42. The summed E-state index contributed by atoms with van der Waals surface area (Å²) in [5.41, 5.74) is 14.2. The van der Waals surface area contributed by atoms with Gasteiger partial charge in [-0.15, -0.1) is 0 Å². The molecule has 0 N–H and O–H groups in total. The zero-order chi connectivity index (χ0) is 21.6. The van der Waals surface area contributed by atoms with Crippen molar-refractivity contribution in [2.45, 2.75) is 44.2 Å². The van der Waals surface area contributed by atoms with Crippen molar-refractivity contribution >= 4 is 12.0 Å². The van der Waals surface area contributed by atoms with Gasteiger partial charge >= 0.3 is 5.97 Å². The normalized spacial score (nSPS) is 20.9. The van der Waals surface area contributed by atoms with Crippen molar-refractivity contribution in [2.75, 3.05) is 20.2 Å². The molecule has 2 unspecified atom stereocenters. The van der Waals surface area contributed by atoms with Crippen molar-refractivity contribution in [2.24, 2.45) is 5.11 Å². The summed E-state index contributed by atoms with van der Waals surface area (Å²) in [6.45, 7) is 2.13. The summed E-state index contributed by atoms with van der Waals surface area (Å²) in [6, 6.07) is 17.6. The quantitative estimate of drug-likeness (QED) is 0.212. The third-order valence-corrected chi connectivity index (χ3v) is 6.54. The second kappa shape index (κ2) is 9.82. The number of nitrogens with zero attached hydrogens (tertiary/aromatic N) is 4. The van der Waals surface area contributed by atoms with Gasteiger partial charge in [-0.25, -0.2) is 4.79 Å². The lowest BCUT2D eigenvalue weighted by atomic mass is 9.73. The minimum absolute atomic E-state index is 0.0102. The van der Waals surface area contributed by atoms with Gasteiger partial charge in [0.15, 0.2) is 0 Å². The smallest absolute Gasteiger partial charge is 0.333 e. The number of hydrogen-bond acceptors (Lipinski definition) is 4. The van der Waals surface area contributed by atoms with Crippen molar-refractivity contribution < 1.29 is 9.53 Å². The van der Waals surface area contributed by atoms with Crippen molar-refractivity contribution in [3.8, 4) is 0 Å². The first kappa shape index (κ1) is 21.2. The maximum Gasteiger partial charge on any atom is 0.333 e. The van der Waals surface area contributed by atoms with E-state index in [4.69, 9.17) is 10.3 Å². The second-order valence-corrected chi connectivity index (χ2v) is 8.28. The van der Waals surface area contributed by atoms with Crippen LogP contribution in [0.15, 0.2) is 59.2 Å². The third kappa shape index (κ3) is 4.66. The highest BCUT2D eigenvalue weighted by Gasteiger charge is 2.36. The van der Waals surface area contributed by atoms with Gasteiger partial charge in [0.05, 0.1) is 13.7 Å². The summed E-state index contributed by atoms with van der Waals surface area (Å²) in [7, 11) is 1.35. The van der Waals surface area contributed by atoms with Gasteiger partial charge in [-0.2, -0.15) is 0 Å². The molecule has 1 aliphatic carbocycles. The average molecular weight is 417 g/mol. The van der Waals surface area contributed by atoms with E-state index in [0.717, 1.165) is 31.5 Å². The van der Waals surface area contributed by atoms with Crippen LogP contribution in [0.2, 0.25) is 0 Å². The minimum Gasteiger partial charge on any atom is -0.466 e. The Morgan fingerprint density at radius 3 is 2.84 bits per heavy atom. The van der Waals surface area contributed by atoms with Crippen molar-refractivity contribution in [3.63, 3.8) is 0 Å². The van der Waals surface area contributed by atoms with E-state index in [9.17, 15) is 4.79 Å². The van der Waals surface area contributed by atoms with Crippen LogP contribution in [-0.4, -0.2) is 37.1 Å². The number of esters is 1. The predicted molar refractivity (Wildman–Crippen MR) is 121 cm³/mol. The van der Waals surface area contributed by atoms with Gasteiger partial charge in [-0.1, -0.05) is 53.6 Å². The van der Waals surface area contributed by atoms with Crippen LogP contribution in [0.5, 0.6) is 0 Å². The number of carbonyl (C=O) groups excluding carboxylic acids is 1. The number of fused-ring (bicyclic) bond motifs is 3. The number of methoxy groups -OCH3 is 1. The summed E-state index contributed by atoms with van der Waals surface area (Å²) in [5.74, 6) is 0.0543. The molecule has 0 spiro atoms. The number of rotatable bonds is 6. The summed E-state index contributed by atoms with van der Waals surface area (Å²) in [5, 5.41) is 3.57. The summed E-state index contributed by atoms with van der Waals surface area (Å²) in [4.78, 5) is 17.6. The zero-order valence-electron chi connectivity index (χ0n) is 17.9. The van der Waals surface area contributed by atoms with Crippen LogP contribution in [0.1, 0.15) is 47.4 Å². The van der Waals surface area contributed by atoms with Crippen LogP contribution in [0.4, 0.5) is 0 Å². The molecule has 1 fully saturated rings. The first-order chi connectivity index (χ1) is 15.2. The Kier molecular flexibility index (Phi) is 6.70. The predicted octanol–water partition coefficient (Wildman–Crippen LogP) is 5.25. The maximum absolute atomic E-state index is 12.2. The van der Waals surface area contributed by atoms with Crippen molar-refractivity contribution in [1.82, 2.24) is 4.90 Å². The average Bonchev–Trinajstić information content (AvgIpc) is 2.82. The summed E-state index contributed by atoms with van der Waals surface area (Å²) in [6.07, 6.45) is 6.31. The molecule has 6 nitrogen and oxygen atoms in total. The third-order valence-electron chi connectivity index (χ3n) is 6.54. The Morgan fingerprint density at radius 1 is 1.23 bits per heavy atom. The lowest BCUT2D eigenvalue weighted by Crippen LogP contribution is -2.45. The van der Waals surface area contributed by atoms with Gasteiger partial charge in [0, 0.05) is 23.1 Å². The van der Waals surface area contributed by atoms with Gasteiger partial charge in [-0.3, -0.25) is 4.90 Å². The first-order valence-corrected chi connectivity index (χ1v) is 10.9. The topological polar surface area (TPSA) is 78.3 Å². The van der Waals surface area contributed by atoms with Gasteiger partial charge in [0.2, 0.25) is 0 Å². The van der Waals surface area contributed by atoms with Crippen LogP contribution in [0.3, 0.4) is 0 Å². The van der Waals surface area contributed by atoms with E-state index in [1.807, 2.05) is 12.1 Å². The Hall–Kier alpha value is -3.08. The Balaban J connectivity index is 1.63. The van der Waals surface area contributed by atoms with Gasteiger partial charge in [-0.05, 0) is 72.0 Å². The first-order valence-electron chi connectivity index (χ1n) is 10.9. The standard InChI is InChI=1S/C25H28N4O2/c1-31-25(30)20(16-27-28-26)15-19-9-5-10-22-21(19)12-13-24-23(22)11-6-14-29(24)17-18-7-3-2-4-8-18/h2-5,7-10,15,23-24H,6,11-14,16-17H2,1H3. The molecule has 6 heteroatoms. The molecule has 2 atom stereocenters. The lowest BCUT2D eigenvalue weighted by molar-refractivity contribution is -0.136. The summed E-state index contributed by atoms with van der Waals surface area (Å²) < 4.78 is 4.89. The minimum atomic E-state index is -0.453. The van der Waals surface area contributed by atoms with E-state index in [2.05, 4.69) is 57.4 Å². The molecule has 0 saturated carbocycles. The molecule has 2 aromatic carbocycles. The SMILES string of the molecule is COC(=O)C(=Cc1cccc2c1CCC1C2CCCN1Cc1ccccc1)CN=[N+]=[N-]. The maximum atomic E-state index is 12.2. The highest BCUT2D eigenvalue weighted by atomic mass is 16.5. The monoisotopic (exact) mass is 416 g/mol. The molecular formula is C25H28N4O2. The molecule has 1 aliphatic heterocycles. The van der Waals surface area contributed by atoms with Crippen LogP contribution in [0.25, 0.3) is 16.5 Å². The van der Waals surface area contributed by atoms with Gasteiger partial charge < -0.3 is 4.74 Å². The number of likely N-dealkylation sites (tertiary alicyclic amines) is 1. The number of ether oxygens (including phenoxy) is 1. The Labute approximate surface area is 183 Å². The van der Waals surface area contributed by atoms with Crippen LogP contribution in [0, 0.1) is 0 Å². The van der Waals surface area contributed by atoms with E-state index < -0.39 is 5.97 Å². The molecule has 4 rings (SSSR count). The van der Waals surface area contributed by atoms with E-state index in [-0.39, 0.29) is 6.54 Å². The van der Waals surface area contributed by atoms with Crippen LogP contribution >= 0.6 is 0 Å². The fraction of sp³-hybridized carbons (Fsp3) is 0.400. The Morgan fingerprint density at radius 2 is 2.06 bits per heavy atom. The number of carbonyl (C=O) groups is 1. The molecule has 0 bridgehead atoms. The molecule has 2 aromatic rings. The zero-order valence-corrected chi connectivity index (χ0v) is 17.9. The number of hydrogen-bond donors (Lipinski definition) is 0. The van der Waals surface area contributed by atoms with E-state index in [0.29, 0.717) is 17.5 Å². The molecule has 1 heterocycles. The van der Waals surface area contributed by atoms with Gasteiger partial charge in [0.25, 0.3) is 0 Å². The van der Waals surface area contributed by atoms with E-state index in [1.54, 1.807) is 0 Å². The highest BCUT2D eigenvalue weighted by molar-refractivity contribution is 5.94. The summed E-state index contributed by atoms with van der Waals surface area (Å²) >= 11 is 0. The molecule has 2 aliphatic rings. The molecular weight excluding hydrogens is 388 g/mol. The fourth-order valence-corrected chi connectivity index (χ4v) is 5.17. The molecule has 1 saturated heterocycles. The van der Waals surface area contributed by atoms with Gasteiger partial charge in [0.1, 0.15) is 0 Å². The molecule has 160 valence electrons. The lowest BCUT2D eigenvalue weighted by Gasteiger charge is -2.45. The second-order valence-electron chi connectivity index (χ2n) is 8.28. The molecule has 31 heavy (non-hydrogen) atoms. The van der Waals surface area contributed by atoms with E-state index in [1.165, 1.54) is 36.6 Å². The molecule has 0 radical (unpaired) electrons. The van der Waals surface area contributed by atoms with E-state index >= 15 is 0 Å². The Bertz CT molecular complexity index is 1010. The fourth-order valence-electron chi connectivity index (χ4n) is 5.17. The number of azide groups is 1. The number of benzene rings is 2. The molecule has 0 aromatic heterocycles. The van der Waals surface area contributed by atoms with Crippen molar-refractivity contribution in [1.29, 1.82) is 0 Å². The molecule has 0 amide bonds. The van der Waals surface area contributed by atoms with Crippen LogP contribution < -0.4 is 0 Å². The largest absolute Gasteiger partial charge is 0.466 e. The number of piperidine rings is 1. The van der Waals surface area contributed by atoms with Crippen LogP contribution in [-0.2, 0) is 22.5 Å².